The normalized spacial score (nSPS) is 29.6. The minimum absolute atomic E-state index is 0.0388. The van der Waals surface area contributed by atoms with Crippen LogP contribution in [0.4, 0.5) is 0 Å². The Morgan fingerprint density at radius 2 is 1.95 bits per heavy atom. The average molecular weight is 302 g/mol. The molecule has 1 amide bonds. The first-order valence-corrected chi connectivity index (χ1v) is 8.31. The van der Waals surface area contributed by atoms with Crippen molar-refractivity contribution in [3.8, 4) is 5.75 Å². The highest BCUT2D eigenvalue weighted by molar-refractivity contribution is 5.80. The van der Waals surface area contributed by atoms with Crippen LogP contribution in [0.25, 0.3) is 0 Å². The van der Waals surface area contributed by atoms with E-state index in [1.54, 1.807) is 7.11 Å². The second kappa shape index (κ2) is 6.29. The standard InChI is InChI=1S/C18H26N2O2/c1-3-20(11-12-4-8-15(22-2)9-5-12)18(21)16-13-6-7-14(10-13)17(16)19/h4-5,8-9,13-14,16-17H,3,6-7,10-11,19H2,1-2H3/t13-,14-,16-,17+/m0/s1. The second-order valence-electron chi connectivity index (χ2n) is 6.64. The van der Waals surface area contributed by atoms with Crippen LogP contribution in [0, 0.1) is 17.8 Å². The molecule has 2 aliphatic rings. The first-order chi connectivity index (χ1) is 10.6. The number of hydrogen-bond acceptors (Lipinski definition) is 3. The zero-order chi connectivity index (χ0) is 15.7. The van der Waals surface area contributed by atoms with E-state index >= 15 is 0 Å². The molecule has 3 rings (SSSR count). The topological polar surface area (TPSA) is 55.6 Å². The van der Waals surface area contributed by atoms with E-state index in [1.165, 1.54) is 12.8 Å². The van der Waals surface area contributed by atoms with Crippen LogP contribution in [-0.2, 0) is 11.3 Å². The fourth-order valence-electron chi connectivity index (χ4n) is 4.21. The minimum Gasteiger partial charge on any atom is -0.497 e. The third kappa shape index (κ3) is 2.72. The van der Waals surface area contributed by atoms with E-state index in [4.69, 9.17) is 10.5 Å². The van der Waals surface area contributed by atoms with Gasteiger partial charge in [-0.1, -0.05) is 12.1 Å². The molecule has 2 saturated carbocycles. The number of benzene rings is 1. The Hall–Kier alpha value is -1.55. The third-order valence-corrected chi connectivity index (χ3v) is 5.49. The van der Waals surface area contributed by atoms with Gasteiger partial charge in [-0.25, -0.2) is 0 Å². The van der Waals surface area contributed by atoms with Gasteiger partial charge in [-0.2, -0.15) is 0 Å². The number of rotatable bonds is 5. The highest BCUT2D eigenvalue weighted by Gasteiger charge is 2.49. The fourth-order valence-corrected chi connectivity index (χ4v) is 4.21. The average Bonchev–Trinajstić information content (AvgIpc) is 3.13. The Labute approximate surface area is 132 Å². The number of ether oxygens (including phenoxy) is 1. The molecule has 2 bridgehead atoms. The summed E-state index contributed by atoms with van der Waals surface area (Å²) < 4.78 is 5.18. The first-order valence-electron chi connectivity index (χ1n) is 8.31. The summed E-state index contributed by atoms with van der Waals surface area (Å²) in [5.41, 5.74) is 7.46. The molecule has 0 spiro atoms. The van der Waals surface area contributed by atoms with Crippen LogP contribution in [-0.4, -0.2) is 30.5 Å². The molecule has 0 radical (unpaired) electrons. The maximum atomic E-state index is 12.9. The number of hydrogen-bond donors (Lipinski definition) is 1. The van der Waals surface area contributed by atoms with Gasteiger partial charge in [0.15, 0.2) is 0 Å². The van der Waals surface area contributed by atoms with Gasteiger partial charge < -0.3 is 15.4 Å². The summed E-state index contributed by atoms with van der Waals surface area (Å²) >= 11 is 0. The number of nitrogens with zero attached hydrogens (tertiary/aromatic N) is 1. The van der Waals surface area contributed by atoms with E-state index in [1.807, 2.05) is 36.1 Å². The van der Waals surface area contributed by atoms with E-state index in [2.05, 4.69) is 0 Å². The van der Waals surface area contributed by atoms with Gasteiger partial charge in [0.2, 0.25) is 5.91 Å². The highest BCUT2D eigenvalue weighted by Crippen LogP contribution is 2.48. The van der Waals surface area contributed by atoms with Crippen molar-refractivity contribution in [3.05, 3.63) is 29.8 Å². The number of amides is 1. The van der Waals surface area contributed by atoms with Crippen LogP contribution >= 0.6 is 0 Å². The quantitative estimate of drug-likeness (QED) is 0.909. The molecule has 0 saturated heterocycles. The van der Waals surface area contributed by atoms with E-state index in [-0.39, 0.29) is 17.9 Å². The summed E-state index contributed by atoms with van der Waals surface area (Å²) in [6.45, 7) is 3.42. The van der Waals surface area contributed by atoms with Crippen molar-refractivity contribution in [1.29, 1.82) is 0 Å². The van der Waals surface area contributed by atoms with Crippen molar-refractivity contribution < 1.29 is 9.53 Å². The lowest BCUT2D eigenvalue weighted by Crippen LogP contribution is -2.46. The predicted octanol–water partition coefficient (Wildman–Crippen LogP) is 2.42. The number of methoxy groups -OCH3 is 1. The molecular formula is C18H26N2O2. The molecule has 1 aromatic rings. The molecule has 0 heterocycles. The number of nitrogens with two attached hydrogens (primary N) is 1. The molecule has 2 fully saturated rings. The third-order valence-electron chi connectivity index (χ3n) is 5.49. The van der Waals surface area contributed by atoms with E-state index < -0.39 is 0 Å². The zero-order valence-electron chi connectivity index (χ0n) is 13.5. The first kappa shape index (κ1) is 15.3. The molecule has 2 N–H and O–H groups in total. The van der Waals surface area contributed by atoms with Crippen LogP contribution in [0.1, 0.15) is 31.7 Å². The molecule has 4 nitrogen and oxygen atoms in total. The van der Waals surface area contributed by atoms with Crippen molar-refractivity contribution in [2.24, 2.45) is 23.5 Å². The number of carbonyl (C=O) groups excluding carboxylic acids is 1. The molecule has 4 heteroatoms. The van der Waals surface area contributed by atoms with Crippen LogP contribution in [0.2, 0.25) is 0 Å². The van der Waals surface area contributed by atoms with Crippen LogP contribution in [0.5, 0.6) is 5.75 Å². The van der Waals surface area contributed by atoms with Gasteiger partial charge in [0.05, 0.1) is 13.0 Å². The molecule has 4 atom stereocenters. The molecule has 120 valence electrons. The lowest BCUT2D eigenvalue weighted by molar-refractivity contribution is -0.138. The summed E-state index contributed by atoms with van der Waals surface area (Å²) in [6, 6.07) is 8.00. The molecule has 0 unspecified atom stereocenters. The van der Waals surface area contributed by atoms with Gasteiger partial charge in [-0.3, -0.25) is 4.79 Å². The molecule has 0 aromatic heterocycles. The molecule has 22 heavy (non-hydrogen) atoms. The highest BCUT2D eigenvalue weighted by atomic mass is 16.5. The SMILES string of the molecule is CCN(Cc1ccc(OC)cc1)C(=O)[C@H]1[C@H]2CC[C@@H](C2)[C@H]1N. The summed E-state index contributed by atoms with van der Waals surface area (Å²) in [5, 5.41) is 0. The Kier molecular flexibility index (Phi) is 4.39. The second-order valence-corrected chi connectivity index (χ2v) is 6.64. The number of fused-ring (bicyclic) bond motifs is 2. The van der Waals surface area contributed by atoms with Gasteiger partial charge in [0.1, 0.15) is 5.75 Å². The predicted molar refractivity (Wildman–Crippen MR) is 86.4 cm³/mol. The monoisotopic (exact) mass is 302 g/mol. The summed E-state index contributed by atoms with van der Waals surface area (Å²) in [4.78, 5) is 14.9. The van der Waals surface area contributed by atoms with Gasteiger partial charge >= 0.3 is 0 Å². The summed E-state index contributed by atoms with van der Waals surface area (Å²) in [5.74, 6) is 2.21. The van der Waals surface area contributed by atoms with Crippen molar-refractivity contribution in [2.75, 3.05) is 13.7 Å². The Bertz CT molecular complexity index is 526. The van der Waals surface area contributed by atoms with Crippen LogP contribution < -0.4 is 10.5 Å². The lowest BCUT2D eigenvalue weighted by Gasteiger charge is -2.32. The van der Waals surface area contributed by atoms with Crippen LogP contribution in [0.15, 0.2) is 24.3 Å². The Morgan fingerprint density at radius 3 is 2.50 bits per heavy atom. The van der Waals surface area contributed by atoms with E-state index in [0.29, 0.717) is 18.4 Å². The maximum absolute atomic E-state index is 12.9. The lowest BCUT2D eigenvalue weighted by atomic mass is 9.84. The van der Waals surface area contributed by atoms with Gasteiger partial charge in [-0.05, 0) is 55.7 Å². The fraction of sp³-hybridized carbons (Fsp3) is 0.611. The molecular weight excluding hydrogens is 276 g/mol. The minimum atomic E-state index is 0.0388. The van der Waals surface area contributed by atoms with Gasteiger partial charge in [0, 0.05) is 19.1 Å². The molecule has 1 aromatic carbocycles. The van der Waals surface area contributed by atoms with Gasteiger partial charge in [0.25, 0.3) is 0 Å². The van der Waals surface area contributed by atoms with E-state index in [9.17, 15) is 4.79 Å². The van der Waals surface area contributed by atoms with Crippen molar-refractivity contribution in [2.45, 2.75) is 38.8 Å². The van der Waals surface area contributed by atoms with Crippen molar-refractivity contribution in [3.63, 3.8) is 0 Å². The van der Waals surface area contributed by atoms with Crippen LogP contribution in [0.3, 0.4) is 0 Å². The van der Waals surface area contributed by atoms with Crippen molar-refractivity contribution in [1.82, 2.24) is 4.90 Å². The zero-order valence-corrected chi connectivity index (χ0v) is 13.5. The molecule has 0 aliphatic heterocycles. The van der Waals surface area contributed by atoms with E-state index in [0.717, 1.165) is 24.3 Å². The Morgan fingerprint density at radius 1 is 1.27 bits per heavy atom. The maximum Gasteiger partial charge on any atom is 0.227 e. The van der Waals surface area contributed by atoms with Crippen molar-refractivity contribution >= 4 is 5.91 Å². The largest absolute Gasteiger partial charge is 0.497 e. The molecule has 2 aliphatic carbocycles. The Balaban J connectivity index is 1.69. The number of carbonyl (C=O) groups is 1. The summed E-state index contributed by atoms with van der Waals surface area (Å²) in [6.07, 6.45) is 3.53. The van der Waals surface area contributed by atoms with Gasteiger partial charge in [-0.15, -0.1) is 0 Å². The smallest absolute Gasteiger partial charge is 0.227 e. The summed E-state index contributed by atoms with van der Waals surface area (Å²) in [7, 11) is 1.66.